The third-order valence-corrected chi connectivity index (χ3v) is 5.90. The number of rotatable bonds is 1. The number of para-hydroxylation sites is 1. The summed E-state index contributed by atoms with van der Waals surface area (Å²) in [4.78, 5) is 26.2. The number of amides is 1. The van der Waals surface area contributed by atoms with Crippen LogP contribution in [0, 0.1) is 6.92 Å². The van der Waals surface area contributed by atoms with E-state index < -0.39 is 0 Å². The molecule has 1 fully saturated rings. The van der Waals surface area contributed by atoms with Crippen LogP contribution in [0.3, 0.4) is 0 Å². The number of hydrogen-bond donors (Lipinski definition) is 0. The standard InChI is InChI=1S/C15H13NO2S2/c1-10-4-2-3-5-11(10)16-7-6-12(17)13(14(16)18)15-19-8-9-20-15/h2-7H,8-9H2,1H3. The maximum atomic E-state index is 12.6. The van der Waals surface area contributed by atoms with Gasteiger partial charge in [0.25, 0.3) is 5.91 Å². The van der Waals surface area contributed by atoms with E-state index in [-0.39, 0.29) is 11.7 Å². The van der Waals surface area contributed by atoms with E-state index in [4.69, 9.17) is 0 Å². The maximum Gasteiger partial charge on any atom is 0.268 e. The van der Waals surface area contributed by atoms with Gasteiger partial charge in [-0.25, -0.2) is 0 Å². The second-order valence-electron chi connectivity index (χ2n) is 4.50. The molecule has 1 aromatic rings. The van der Waals surface area contributed by atoms with Crippen LogP contribution in [0.2, 0.25) is 0 Å². The molecule has 2 aliphatic rings. The number of nitrogens with zero attached hydrogens (tertiary/aromatic N) is 1. The molecule has 0 saturated carbocycles. The minimum Gasteiger partial charge on any atom is -0.289 e. The first-order valence-electron chi connectivity index (χ1n) is 6.30. The molecule has 3 rings (SSSR count). The van der Waals surface area contributed by atoms with Crippen LogP contribution in [0.1, 0.15) is 5.56 Å². The second-order valence-corrected chi connectivity index (χ2v) is 6.97. The predicted molar refractivity (Wildman–Crippen MR) is 84.8 cm³/mol. The van der Waals surface area contributed by atoms with Gasteiger partial charge in [0.05, 0.1) is 9.92 Å². The molecule has 0 spiro atoms. The van der Waals surface area contributed by atoms with Gasteiger partial charge in [0.2, 0.25) is 0 Å². The Morgan fingerprint density at radius 1 is 1.10 bits per heavy atom. The fourth-order valence-electron chi connectivity index (χ4n) is 2.19. The normalized spacial score (nSPS) is 19.1. The number of anilines is 1. The molecule has 0 atom stereocenters. The van der Waals surface area contributed by atoms with E-state index in [1.54, 1.807) is 34.6 Å². The molecule has 1 amide bonds. The Hall–Kier alpha value is -1.46. The quantitative estimate of drug-likeness (QED) is 0.590. The number of carbonyl (C=O) groups excluding carboxylic acids is 2. The summed E-state index contributed by atoms with van der Waals surface area (Å²) in [6.45, 7) is 1.96. The van der Waals surface area contributed by atoms with Crippen LogP contribution >= 0.6 is 23.5 Å². The van der Waals surface area contributed by atoms with E-state index in [0.29, 0.717) is 5.57 Å². The van der Waals surface area contributed by atoms with E-state index in [1.807, 2.05) is 31.2 Å². The number of thioether (sulfide) groups is 2. The Bertz CT molecular complexity index is 641. The predicted octanol–water partition coefficient (Wildman–Crippen LogP) is 3.12. The Kier molecular flexibility index (Phi) is 3.72. The van der Waals surface area contributed by atoms with Crippen molar-refractivity contribution in [2.75, 3.05) is 16.4 Å². The molecule has 5 heteroatoms. The summed E-state index contributed by atoms with van der Waals surface area (Å²) in [7, 11) is 0. The number of ketones is 1. The zero-order chi connectivity index (χ0) is 14.1. The summed E-state index contributed by atoms with van der Waals surface area (Å²) in [5.74, 6) is 1.51. The highest BCUT2D eigenvalue weighted by atomic mass is 32.2. The molecule has 102 valence electrons. The largest absolute Gasteiger partial charge is 0.289 e. The molecule has 1 saturated heterocycles. The van der Waals surface area contributed by atoms with Crippen molar-refractivity contribution in [1.29, 1.82) is 0 Å². The zero-order valence-corrected chi connectivity index (χ0v) is 12.6. The number of allylic oxidation sites excluding steroid dienone is 1. The number of hydrogen-bond acceptors (Lipinski definition) is 4. The molecule has 0 aliphatic carbocycles. The van der Waals surface area contributed by atoms with Crippen molar-refractivity contribution in [1.82, 2.24) is 0 Å². The third kappa shape index (κ3) is 2.31. The summed E-state index contributed by atoms with van der Waals surface area (Å²) < 4.78 is 0.864. The summed E-state index contributed by atoms with van der Waals surface area (Å²) in [6.07, 6.45) is 3.05. The van der Waals surface area contributed by atoms with E-state index in [1.165, 1.54) is 6.08 Å². The van der Waals surface area contributed by atoms with Crippen molar-refractivity contribution in [3.8, 4) is 0 Å². The molecule has 3 nitrogen and oxygen atoms in total. The first-order chi connectivity index (χ1) is 9.68. The van der Waals surface area contributed by atoms with Crippen molar-refractivity contribution in [2.45, 2.75) is 6.92 Å². The maximum absolute atomic E-state index is 12.6. The first kappa shape index (κ1) is 13.5. The van der Waals surface area contributed by atoms with Crippen LogP contribution in [-0.4, -0.2) is 23.2 Å². The van der Waals surface area contributed by atoms with Crippen molar-refractivity contribution < 1.29 is 9.59 Å². The van der Waals surface area contributed by atoms with Gasteiger partial charge in [0, 0.05) is 23.8 Å². The minimum absolute atomic E-state index is 0.184. The molecular weight excluding hydrogens is 290 g/mol. The van der Waals surface area contributed by atoms with Crippen molar-refractivity contribution in [3.05, 3.63) is 51.9 Å². The van der Waals surface area contributed by atoms with Crippen molar-refractivity contribution >= 4 is 40.9 Å². The van der Waals surface area contributed by atoms with Crippen molar-refractivity contribution in [3.63, 3.8) is 0 Å². The molecule has 20 heavy (non-hydrogen) atoms. The second kappa shape index (κ2) is 5.50. The number of aryl methyl sites for hydroxylation is 1. The highest BCUT2D eigenvalue weighted by Gasteiger charge is 2.32. The first-order valence-corrected chi connectivity index (χ1v) is 8.27. The van der Waals surface area contributed by atoms with Gasteiger partial charge in [-0.1, -0.05) is 18.2 Å². The van der Waals surface area contributed by atoms with Crippen LogP contribution in [0.4, 0.5) is 5.69 Å². The van der Waals surface area contributed by atoms with Gasteiger partial charge in [0.15, 0.2) is 5.78 Å². The fraction of sp³-hybridized carbons (Fsp3) is 0.200. The van der Waals surface area contributed by atoms with Crippen LogP contribution in [0.5, 0.6) is 0 Å². The lowest BCUT2D eigenvalue weighted by molar-refractivity contribution is -0.119. The van der Waals surface area contributed by atoms with Gasteiger partial charge in [0.1, 0.15) is 5.57 Å². The molecule has 0 bridgehead atoms. The summed E-state index contributed by atoms with van der Waals surface area (Å²) >= 11 is 3.20. The van der Waals surface area contributed by atoms with Gasteiger partial charge in [-0.3, -0.25) is 14.5 Å². The smallest absolute Gasteiger partial charge is 0.268 e. The molecule has 1 aromatic carbocycles. The van der Waals surface area contributed by atoms with Crippen LogP contribution in [0.15, 0.2) is 46.4 Å². The zero-order valence-electron chi connectivity index (χ0n) is 11.0. The Labute approximate surface area is 126 Å². The fourth-order valence-corrected chi connectivity index (χ4v) is 4.72. The van der Waals surface area contributed by atoms with Gasteiger partial charge in [-0.05, 0) is 18.6 Å². The summed E-state index contributed by atoms with van der Waals surface area (Å²) in [5, 5.41) is 0. The molecule has 0 N–H and O–H groups in total. The molecule has 2 aliphatic heterocycles. The van der Waals surface area contributed by atoms with Gasteiger partial charge < -0.3 is 0 Å². The average molecular weight is 303 g/mol. The van der Waals surface area contributed by atoms with Gasteiger partial charge in [-0.15, -0.1) is 23.5 Å². The number of benzene rings is 1. The summed E-state index contributed by atoms with van der Waals surface area (Å²) in [5.41, 5.74) is 2.16. The Morgan fingerprint density at radius 2 is 1.80 bits per heavy atom. The van der Waals surface area contributed by atoms with E-state index >= 15 is 0 Å². The topological polar surface area (TPSA) is 37.4 Å². The molecule has 0 radical (unpaired) electrons. The van der Waals surface area contributed by atoms with Crippen molar-refractivity contribution in [2.24, 2.45) is 0 Å². The number of carbonyl (C=O) groups is 2. The lowest BCUT2D eigenvalue weighted by atomic mass is 10.1. The van der Waals surface area contributed by atoms with E-state index in [2.05, 4.69) is 0 Å². The highest BCUT2D eigenvalue weighted by Crippen LogP contribution is 2.40. The average Bonchev–Trinajstić information content (AvgIpc) is 2.94. The lowest BCUT2D eigenvalue weighted by Crippen LogP contribution is -2.34. The molecule has 0 unspecified atom stereocenters. The Balaban J connectivity index is 2.05. The van der Waals surface area contributed by atoms with Crippen LogP contribution in [0.25, 0.3) is 0 Å². The third-order valence-electron chi connectivity index (χ3n) is 3.18. The highest BCUT2D eigenvalue weighted by molar-refractivity contribution is 8.25. The summed E-state index contributed by atoms with van der Waals surface area (Å²) in [6, 6.07) is 7.68. The van der Waals surface area contributed by atoms with Crippen LogP contribution < -0.4 is 4.90 Å². The van der Waals surface area contributed by atoms with Gasteiger partial charge in [-0.2, -0.15) is 0 Å². The molecule has 2 heterocycles. The van der Waals surface area contributed by atoms with E-state index in [9.17, 15) is 9.59 Å². The van der Waals surface area contributed by atoms with Crippen LogP contribution in [-0.2, 0) is 9.59 Å². The molecular formula is C15H13NO2S2. The Morgan fingerprint density at radius 3 is 2.50 bits per heavy atom. The molecule has 0 aromatic heterocycles. The minimum atomic E-state index is -0.219. The van der Waals surface area contributed by atoms with E-state index in [0.717, 1.165) is 27.0 Å². The lowest BCUT2D eigenvalue weighted by Gasteiger charge is -2.24. The monoisotopic (exact) mass is 303 g/mol. The van der Waals surface area contributed by atoms with Gasteiger partial charge >= 0.3 is 0 Å². The SMILES string of the molecule is Cc1ccccc1N1C=CC(=O)C(=C2SCCS2)C1=O.